The Hall–Kier alpha value is -1.43. The SMILES string of the molecule is COc1cc(C(=O)NCC(C)Br)cc(OC)c1OC. The number of methoxy groups -OCH3 is 3. The van der Waals surface area contributed by atoms with Gasteiger partial charge in [0.2, 0.25) is 5.75 Å². The summed E-state index contributed by atoms with van der Waals surface area (Å²) in [4.78, 5) is 12.2. The highest BCUT2D eigenvalue weighted by Gasteiger charge is 2.16. The van der Waals surface area contributed by atoms with Crippen LogP contribution in [0.5, 0.6) is 17.2 Å². The van der Waals surface area contributed by atoms with Crippen molar-refractivity contribution in [3.05, 3.63) is 17.7 Å². The Bertz CT molecular complexity index is 423. The van der Waals surface area contributed by atoms with Crippen LogP contribution in [0, 0.1) is 0 Å². The Balaban J connectivity index is 3.05. The number of hydrogen-bond acceptors (Lipinski definition) is 4. The molecule has 5 nitrogen and oxygen atoms in total. The normalized spacial score (nSPS) is 11.6. The lowest BCUT2D eigenvalue weighted by molar-refractivity contribution is 0.0953. The Labute approximate surface area is 121 Å². The number of halogens is 1. The summed E-state index contributed by atoms with van der Waals surface area (Å²) in [6.07, 6.45) is 0. The largest absolute Gasteiger partial charge is 0.493 e. The zero-order valence-electron chi connectivity index (χ0n) is 11.5. The van der Waals surface area contributed by atoms with Crippen LogP contribution in [-0.2, 0) is 0 Å². The Morgan fingerprint density at radius 2 is 1.74 bits per heavy atom. The third-order valence-electron chi connectivity index (χ3n) is 2.47. The Morgan fingerprint density at radius 1 is 1.21 bits per heavy atom. The van der Waals surface area contributed by atoms with Gasteiger partial charge in [0.05, 0.1) is 21.3 Å². The number of rotatable bonds is 6. The predicted octanol–water partition coefficient (Wildman–Crippen LogP) is 2.23. The van der Waals surface area contributed by atoms with Gasteiger partial charge in [0, 0.05) is 16.9 Å². The molecule has 1 aromatic rings. The minimum Gasteiger partial charge on any atom is -0.493 e. The lowest BCUT2D eigenvalue weighted by Crippen LogP contribution is -2.28. The van der Waals surface area contributed by atoms with E-state index in [4.69, 9.17) is 14.2 Å². The molecular formula is C13H18BrNO4. The van der Waals surface area contributed by atoms with Crippen molar-refractivity contribution in [2.24, 2.45) is 0 Å². The highest BCUT2D eigenvalue weighted by atomic mass is 79.9. The average Bonchev–Trinajstić information content (AvgIpc) is 2.42. The molecular weight excluding hydrogens is 314 g/mol. The van der Waals surface area contributed by atoms with Gasteiger partial charge in [-0.05, 0) is 12.1 Å². The van der Waals surface area contributed by atoms with Gasteiger partial charge >= 0.3 is 0 Å². The highest BCUT2D eigenvalue weighted by molar-refractivity contribution is 9.09. The summed E-state index contributed by atoms with van der Waals surface area (Å²) in [5.41, 5.74) is 0.461. The van der Waals surface area contributed by atoms with Crippen LogP contribution in [0.15, 0.2) is 12.1 Å². The first-order valence-electron chi connectivity index (χ1n) is 5.75. The zero-order chi connectivity index (χ0) is 14.4. The van der Waals surface area contributed by atoms with Gasteiger partial charge in [0.15, 0.2) is 11.5 Å². The lowest BCUT2D eigenvalue weighted by atomic mass is 10.1. The molecule has 1 aromatic carbocycles. The molecule has 106 valence electrons. The Kier molecular flexibility index (Phi) is 5.95. The second-order valence-electron chi connectivity index (χ2n) is 3.90. The fraction of sp³-hybridized carbons (Fsp3) is 0.462. The first-order valence-corrected chi connectivity index (χ1v) is 6.67. The number of alkyl halides is 1. The lowest BCUT2D eigenvalue weighted by Gasteiger charge is -2.14. The smallest absolute Gasteiger partial charge is 0.251 e. The molecule has 0 saturated carbocycles. The van der Waals surface area contributed by atoms with Crippen molar-refractivity contribution in [1.82, 2.24) is 5.32 Å². The van der Waals surface area contributed by atoms with Crippen molar-refractivity contribution < 1.29 is 19.0 Å². The van der Waals surface area contributed by atoms with Gasteiger partial charge in [-0.15, -0.1) is 0 Å². The van der Waals surface area contributed by atoms with Crippen LogP contribution in [0.25, 0.3) is 0 Å². The van der Waals surface area contributed by atoms with E-state index < -0.39 is 0 Å². The molecule has 0 spiro atoms. The van der Waals surface area contributed by atoms with E-state index in [-0.39, 0.29) is 10.7 Å². The molecule has 0 aromatic heterocycles. The van der Waals surface area contributed by atoms with E-state index in [1.165, 1.54) is 21.3 Å². The van der Waals surface area contributed by atoms with E-state index >= 15 is 0 Å². The maximum atomic E-state index is 12.0. The van der Waals surface area contributed by atoms with E-state index in [2.05, 4.69) is 21.2 Å². The maximum absolute atomic E-state index is 12.0. The van der Waals surface area contributed by atoms with Gasteiger partial charge in [-0.25, -0.2) is 0 Å². The monoisotopic (exact) mass is 331 g/mol. The molecule has 0 radical (unpaired) electrons. The number of ether oxygens (including phenoxy) is 3. The van der Waals surface area contributed by atoms with Crippen molar-refractivity contribution in [2.45, 2.75) is 11.8 Å². The summed E-state index contributed by atoms with van der Waals surface area (Å²) >= 11 is 3.37. The summed E-state index contributed by atoms with van der Waals surface area (Å²) in [6, 6.07) is 3.24. The van der Waals surface area contributed by atoms with Crippen LogP contribution in [0.1, 0.15) is 17.3 Å². The van der Waals surface area contributed by atoms with Crippen LogP contribution >= 0.6 is 15.9 Å². The summed E-state index contributed by atoms with van der Waals surface area (Å²) < 4.78 is 15.6. The van der Waals surface area contributed by atoms with Gasteiger partial charge in [0.1, 0.15) is 0 Å². The van der Waals surface area contributed by atoms with Crippen LogP contribution in [0.4, 0.5) is 0 Å². The Morgan fingerprint density at radius 3 is 2.11 bits per heavy atom. The van der Waals surface area contributed by atoms with Gasteiger partial charge in [-0.2, -0.15) is 0 Å². The molecule has 1 atom stereocenters. The number of amides is 1. The van der Waals surface area contributed by atoms with E-state index in [9.17, 15) is 4.79 Å². The van der Waals surface area contributed by atoms with E-state index in [1.54, 1.807) is 12.1 Å². The van der Waals surface area contributed by atoms with E-state index in [0.29, 0.717) is 29.4 Å². The minimum absolute atomic E-state index is 0.189. The van der Waals surface area contributed by atoms with Crippen molar-refractivity contribution in [3.8, 4) is 17.2 Å². The number of carbonyl (C=O) groups excluding carboxylic acids is 1. The number of hydrogen-bond donors (Lipinski definition) is 1. The van der Waals surface area contributed by atoms with Crippen molar-refractivity contribution >= 4 is 21.8 Å². The van der Waals surface area contributed by atoms with Crippen LogP contribution in [0.3, 0.4) is 0 Å². The van der Waals surface area contributed by atoms with Gasteiger partial charge in [0.25, 0.3) is 5.91 Å². The van der Waals surface area contributed by atoms with Crippen LogP contribution in [-0.4, -0.2) is 38.6 Å². The summed E-state index contributed by atoms with van der Waals surface area (Å²) in [6.45, 7) is 2.49. The molecule has 1 unspecified atom stereocenters. The molecule has 0 fully saturated rings. The van der Waals surface area contributed by atoms with Gasteiger partial charge in [-0.3, -0.25) is 4.79 Å². The molecule has 0 saturated heterocycles. The standard InChI is InChI=1S/C13H18BrNO4/c1-8(14)7-15-13(16)9-5-10(17-2)12(19-4)11(6-9)18-3/h5-6,8H,7H2,1-4H3,(H,15,16). The molecule has 0 aliphatic rings. The second kappa shape index (κ2) is 7.23. The third-order valence-corrected chi connectivity index (χ3v) is 2.79. The molecule has 6 heteroatoms. The van der Waals surface area contributed by atoms with Crippen molar-refractivity contribution in [1.29, 1.82) is 0 Å². The fourth-order valence-corrected chi connectivity index (χ4v) is 1.71. The van der Waals surface area contributed by atoms with Gasteiger partial charge in [-0.1, -0.05) is 22.9 Å². The molecule has 0 aliphatic carbocycles. The summed E-state index contributed by atoms with van der Waals surface area (Å²) in [7, 11) is 4.55. The molecule has 0 aliphatic heterocycles. The molecule has 0 bridgehead atoms. The average molecular weight is 332 g/mol. The first-order chi connectivity index (χ1) is 9.03. The predicted molar refractivity (Wildman–Crippen MR) is 76.8 cm³/mol. The van der Waals surface area contributed by atoms with Crippen molar-refractivity contribution in [2.75, 3.05) is 27.9 Å². The summed E-state index contributed by atoms with van der Waals surface area (Å²) in [5.74, 6) is 1.19. The number of nitrogens with one attached hydrogen (secondary N) is 1. The van der Waals surface area contributed by atoms with Gasteiger partial charge < -0.3 is 19.5 Å². The maximum Gasteiger partial charge on any atom is 0.251 e. The first kappa shape index (κ1) is 15.6. The van der Waals surface area contributed by atoms with Crippen molar-refractivity contribution in [3.63, 3.8) is 0 Å². The fourth-order valence-electron chi connectivity index (χ4n) is 1.55. The van der Waals surface area contributed by atoms with Crippen LogP contribution in [0.2, 0.25) is 0 Å². The topological polar surface area (TPSA) is 56.8 Å². The number of carbonyl (C=O) groups is 1. The molecule has 1 N–H and O–H groups in total. The number of benzene rings is 1. The second-order valence-corrected chi connectivity index (χ2v) is 5.47. The highest BCUT2D eigenvalue weighted by Crippen LogP contribution is 2.38. The van der Waals surface area contributed by atoms with E-state index in [0.717, 1.165) is 0 Å². The quantitative estimate of drug-likeness (QED) is 0.812. The minimum atomic E-state index is -0.189. The zero-order valence-corrected chi connectivity index (χ0v) is 13.0. The molecule has 1 amide bonds. The van der Waals surface area contributed by atoms with Crippen LogP contribution < -0.4 is 19.5 Å². The third kappa shape index (κ3) is 4.02. The van der Waals surface area contributed by atoms with E-state index in [1.807, 2.05) is 6.92 Å². The molecule has 1 rings (SSSR count). The molecule has 0 heterocycles. The summed E-state index contributed by atoms with van der Waals surface area (Å²) in [5, 5.41) is 2.80. The molecule has 19 heavy (non-hydrogen) atoms.